The summed E-state index contributed by atoms with van der Waals surface area (Å²) in [5, 5.41) is 9.33. The van der Waals surface area contributed by atoms with Gasteiger partial charge in [-0.05, 0) is 24.1 Å². The third kappa shape index (κ3) is 3.80. The lowest BCUT2D eigenvalue weighted by Crippen LogP contribution is -2.30. The van der Waals surface area contributed by atoms with Gasteiger partial charge >= 0.3 is 5.97 Å². The molecule has 3 N–H and O–H groups in total. The molecule has 0 aromatic heterocycles. The van der Waals surface area contributed by atoms with Gasteiger partial charge < -0.3 is 15.6 Å². The zero-order valence-electron chi connectivity index (χ0n) is 12.8. The van der Waals surface area contributed by atoms with Gasteiger partial charge in [-0.1, -0.05) is 18.5 Å². The number of ether oxygens (including phenoxy) is 1. The van der Waals surface area contributed by atoms with Crippen LogP contribution in [0.3, 0.4) is 0 Å². The molecule has 1 fully saturated rings. The fraction of sp³-hybridized carbons (Fsp3) is 0.429. The Morgan fingerprint density at radius 2 is 2.08 bits per heavy atom. The lowest BCUT2D eigenvalue weighted by atomic mass is 9.99. The van der Waals surface area contributed by atoms with Crippen molar-refractivity contribution in [3.63, 3.8) is 0 Å². The molecule has 0 aliphatic carbocycles. The van der Waals surface area contributed by atoms with Gasteiger partial charge in [-0.2, -0.15) is 4.31 Å². The van der Waals surface area contributed by atoms with E-state index >= 15 is 0 Å². The van der Waals surface area contributed by atoms with Crippen LogP contribution in [0.15, 0.2) is 23.1 Å². The van der Waals surface area contributed by atoms with Crippen molar-refractivity contribution in [2.45, 2.75) is 11.8 Å². The average Bonchev–Trinajstić information content (AvgIpc) is 2.88. The number of carboxylic acids is 1. The van der Waals surface area contributed by atoms with E-state index in [1.54, 1.807) is 6.92 Å². The zero-order chi connectivity index (χ0) is 18.1. The Bertz CT molecular complexity index is 767. The lowest BCUT2D eigenvalue weighted by molar-refractivity contribution is -0.142. The number of aliphatic carboxylic acids is 1. The highest BCUT2D eigenvalue weighted by Gasteiger charge is 2.41. The van der Waals surface area contributed by atoms with Crippen LogP contribution in [0, 0.1) is 11.8 Å². The van der Waals surface area contributed by atoms with Crippen molar-refractivity contribution in [3.05, 3.63) is 23.2 Å². The lowest BCUT2D eigenvalue weighted by Gasteiger charge is -2.18. The van der Waals surface area contributed by atoms with Crippen LogP contribution in [0.2, 0.25) is 5.02 Å². The molecule has 0 bridgehead atoms. The minimum Gasteiger partial charge on any atom is -0.482 e. The SMILES string of the molecule is C[C@@H]1CN(S(=O)(=O)c2cc(Cl)ccc2OCC(N)=O)C[C@H]1C(=O)O. The van der Waals surface area contributed by atoms with E-state index in [4.69, 9.17) is 27.2 Å². The fourth-order valence-electron chi connectivity index (χ4n) is 2.53. The molecule has 10 heteroatoms. The number of hydrogen-bond donors (Lipinski definition) is 2. The summed E-state index contributed by atoms with van der Waals surface area (Å²) in [5.41, 5.74) is 5.01. The standard InChI is InChI=1S/C14H17ClN2O6S/c1-8-5-17(6-10(8)14(19)20)24(21,22)12-4-9(15)2-3-11(12)23-7-13(16)18/h2-4,8,10H,5-7H2,1H3,(H2,16,18)(H,19,20)/t8-,10-/m1/s1. The Morgan fingerprint density at radius 1 is 1.42 bits per heavy atom. The fourth-order valence-corrected chi connectivity index (χ4v) is 4.49. The molecule has 1 aliphatic heterocycles. The molecule has 8 nitrogen and oxygen atoms in total. The minimum absolute atomic E-state index is 0.0652. The van der Waals surface area contributed by atoms with Gasteiger partial charge in [0.2, 0.25) is 10.0 Å². The second kappa shape index (κ2) is 6.96. The van der Waals surface area contributed by atoms with E-state index < -0.39 is 34.4 Å². The number of sulfonamides is 1. The van der Waals surface area contributed by atoms with Gasteiger partial charge in [-0.3, -0.25) is 9.59 Å². The van der Waals surface area contributed by atoms with Crippen molar-refractivity contribution in [2.24, 2.45) is 17.6 Å². The van der Waals surface area contributed by atoms with E-state index in [0.717, 1.165) is 4.31 Å². The molecule has 1 aromatic carbocycles. The Kier molecular flexibility index (Phi) is 5.36. The molecular formula is C14H17ClN2O6S. The quantitative estimate of drug-likeness (QED) is 0.746. The van der Waals surface area contributed by atoms with Crippen LogP contribution in [-0.4, -0.2) is 49.4 Å². The van der Waals surface area contributed by atoms with Crippen LogP contribution in [0.25, 0.3) is 0 Å². The molecule has 0 radical (unpaired) electrons. The number of halogens is 1. The third-order valence-electron chi connectivity index (χ3n) is 3.79. The number of nitrogens with zero attached hydrogens (tertiary/aromatic N) is 1. The summed E-state index contributed by atoms with van der Waals surface area (Å²) in [4.78, 5) is 21.8. The summed E-state index contributed by atoms with van der Waals surface area (Å²) in [6.07, 6.45) is 0. The highest BCUT2D eigenvalue weighted by atomic mass is 35.5. The highest BCUT2D eigenvalue weighted by molar-refractivity contribution is 7.89. The van der Waals surface area contributed by atoms with Crippen molar-refractivity contribution in [1.29, 1.82) is 0 Å². The molecule has 1 aliphatic rings. The normalized spacial score (nSPS) is 21.6. The van der Waals surface area contributed by atoms with Gasteiger partial charge in [0.05, 0.1) is 5.92 Å². The van der Waals surface area contributed by atoms with Gasteiger partial charge in [0.25, 0.3) is 5.91 Å². The second-order valence-corrected chi connectivity index (χ2v) is 7.93. The molecule has 1 heterocycles. The van der Waals surface area contributed by atoms with Crippen molar-refractivity contribution in [1.82, 2.24) is 4.31 Å². The molecule has 2 rings (SSSR count). The molecule has 1 saturated heterocycles. The minimum atomic E-state index is -4.03. The van der Waals surface area contributed by atoms with Crippen LogP contribution < -0.4 is 10.5 Å². The number of rotatable bonds is 6. The van der Waals surface area contributed by atoms with E-state index in [1.807, 2.05) is 0 Å². The van der Waals surface area contributed by atoms with Crippen LogP contribution in [0.1, 0.15) is 6.92 Å². The number of benzene rings is 1. The van der Waals surface area contributed by atoms with E-state index in [0.29, 0.717) is 0 Å². The smallest absolute Gasteiger partial charge is 0.308 e. The topological polar surface area (TPSA) is 127 Å². The summed E-state index contributed by atoms with van der Waals surface area (Å²) >= 11 is 5.88. The highest BCUT2D eigenvalue weighted by Crippen LogP contribution is 2.34. The van der Waals surface area contributed by atoms with Crippen LogP contribution in [-0.2, 0) is 19.6 Å². The maximum atomic E-state index is 12.8. The largest absolute Gasteiger partial charge is 0.482 e. The summed E-state index contributed by atoms with van der Waals surface area (Å²) in [5.74, 6) is -2.98. The summed E-state index contributed by atoms with van der Waals surface area (Å²) in [6, 6.07) is 3.95. The van der Waals surface area contributed by atoms with Crippen molar-refractivity contribution in [2.75, 3.05) is 19.7 Å². The zero-order valence-corrected chi connectivity index (χ0v) is 14.4. The van der Waals surface area contributed by atoms with Gasteiger partial charge in [0.1, 0.15) is 10.6 Å². The van der Waals surface area contributed by atoms with E-state index in [1.165, 1.54) is 18.2 Å². The van der Waals surface area contributed by atoms with Crippen LogP contribution in [0.5, 0.6) is 5.75 Å². The number of nitrogens with two attached hydrogens (primary N) is 1. The Morgan fingerprint density at radius 3 is 2.62 bits per heavy atom. The first-order chi connectivity index (χ1) is 11.1. The first kappa shape index (κ1) is 18.5. The summed E-state index contributed by atoms with van der Waals surface area (Å²) in [6.45, 7) is 1.12. The van der Waals surface area contributed by atoms with Crippen LogP contribution in [0.4, 0.5) is 0 Å². The summed E-state index contributed by atoms with van der Waals surface area (Å²) < 4.78 is 31.9. The molecular weight excluding hydrogens is 360 g/mol. The maximum Gasteiger partial charge on any atom is 0.308 e. The molecule has 2 atom stereocenters. The maximum absolute atomic E-state index is 12.8. The second-order valence-electron chi connectivity index (χ2n) is 5.59. The molecule has 1 aromatic rings. The summed E-state index contributed by atoms with van der Waals surface area (Å²) in [7, 11) is -4.03. The molecule has 24 heavy (non-hydrogen) atoms. The van der Waals surface area contributed by atoms with Crippen molar-refractivity contribution in [3.8, 4) is 5.75 Å². The molecule has 0 spiro atoms. The molecule has 1 amide bonds. The van der Waals surface area contributed by atoms with E-state index in [-0.39, 0.29) is 34.7 Å². The predicted octanol–water partition coefficient (Wildman–Crippen LogP) is 0.545. The monoisotopic (exact) mass is 376 g/mol. The average molecular weight is 377 g/mol. The Hall–Kier alpha value is -1.84. The Balaban J connectivity index is 2.37. The van der Waals surface area contributed by atoms with E-state index in [9.17, 15) is 18.0 Å². The third-order valence-corrected chi connectivity index (χ3v) is 5.88. The number of primary amides is 1. The van der Waals surface area contributed by atoms with Gasteiger partial charge in [-0.25, -0.2) is 8.42 Å². The number of amides is 1. The molecule has 132 valence electrons. The Labute approximate surface area is 144 Å². The number of hydrogen-bond acceptors (Lipinski definition) is 5. The van der Waals surface area contributed by atoms with E-state index in [2.05, 4.69) is 0 Å². The van der Waals surface area contributed by atoms with Crippen LogP contribution >= 0.6 is 11.6 Å². The first-order valence-electron chi connectivity index (χ1n) is 7.06. The number of carboxylic acid groups (broad SMARTS) is 1. The predicted molar refractivity (Wildman–Crippen MR) is 85.2 cm³/mol. The first-order valence-corrected chi connectivity index (χ1v) is 8.88. The van der Waals surface area contributed by atoms with Crippen molar-refractivity contribution >= 4 is 33.5 Å². The van der Waals surface area contributed by atoms with Crippen molar-refractivity contribution < 1.29 is 27.9 Å². The van der Waals surface area contributed by atoms with Gasteiger partial charge in [0, 0.05) is 18.1 Å². The number of carbonyl (C=O) groups excluding carboxylic acids is 1. The van der Waals surface area contributed by atoms with Gasteiger partial charge in [0.15, 0.2) is 6.61 Å². The number of carbonyl (C=O) groups is 2. The molecule has 0 unspecified atom stereocenters. The molecule has 0 saturated carbocycles. The van der Waals surface area contributed by atoms with Gasteiger partial charge in [-0.15, -0.1) is 0 Å².